The van der Waals surface area contributed by atoms with Crippen molar-refractivity contribution >= 4 is 15.9 Å². The van der Waals surface area contributed by atoms with Crippen LogP contribution in [0.1, 0.15) is 6.92 Å². The van der Waals surface area contributed by atoms with Crippen LogP contribution in [0.4, 0.5) is 13.2 Å². The smallest absolute Gasteiger partial charge is 0.379 e. The maximum Gasteiger partial charge on any atom is 0.403 e. The van der Waals surface area contributed by atoms with Gasteiger partial charge in [0.1, 0.15) is 4.83 Å². The van der Waals surface area contributed by atoms with Crippen LogP contribution in [0.2, 0.25) is 0 Å². The van der Waals surface area contributed by atoms with Gasteiger partial charge in [-0.1, -0.05) is 15.9 Å². The third-order valence-corrected chi connectivity index (χ3v) is 1.98. The molecule has 0 heterocycles. The molecule has 0 radical (unpaired) electrons. The molecule has 0 aliphatic heterocycles. The van der Waals surface area contributed by atoms with E-state index in [1.165, 1.54) is 0 Å². The summed E-state index contributed by atoms with van der Waals surface area (Å²) in [6, 6.07) is 0. The zero-order chi connectivity index (χ0) is 10.3. The van der Waals surface area contributed by atoms with E-state index in [-0.39, 0.29) is 13.2 Å². The lowest BCUT2D eigenvalue weighted by atomic mass is 10.4. The number of rotatable bonds is 6. The first-order chi connectivity index (χ1) is 5.98. The van der Waals surface area contributed by atoms with Crippen molar-refractivity contribution in [1.29, 1.82) is 0 Å². The van der Waals surface area contributed by atoms with Crippen LogP contribution in [-0.4, -0.2) is 37.4 Å². The molecule has 80 valence electrons. The highest BCUT2D eigenvalue weighted by Crippen LogP contribution is 2.26. The summed E-state index contributed by atoms with van der Waals surface area (Å²) < 4.78 is 45.2. The largest absolute Gasteiger partial charge is 0.403 e. The van der Waals surface area contributed by atoms with Crippen LogP contribution in [0.5, 0.6) is 0 Å². The van der Waals surface area contributed by atoms with Crippen LogP contribution >= 0.6 is 15.9 Å². The summed E-state index contributed by atoms with van der Waals surface area (Å²) in [6.07, 6.45) is -4.24. The average Bonchev–Trinajstić information content (AvgIpc) is 2.02. The summed E-state index contributed by atoms with van der Waals surface area (Å²) in [4.78, 5) is -1.60. The summed E-state index contributed by atoms with van der Waals surface area (Å²) in [6.45, 7) is 2.49. The summed E-state index contributed by atoms with van der Waals surface area (Å²) >= 11 is 2.48. The molecule has 0 aromatic rings. The van der Waals surface area contributed by atoms with Gasteiger partial charge < -0.3 is 9.47 Å². The molecule has 0 rings (SSSR count). The van der Waals surface area contributed by atoms with E-state index in [2.05, 4.69) is 15.9 Å². The Balaban J connectivity index is 3.32. The number of halogens is 4. The van der Waals surface area contributed by atoms with E-state index >= 15 is 0 Å². The van der Waals surface area contributed by atoms with Crippen LogP contribution in [0.25, 0.3) is 0 Å². The highest BCUT2D eigenvalue weighted by Gasteiger charge is 2.37. The van der Waals surface area contributed by atoms with Crippen LogP contribution in [-0.2, 0) is 9.47 Å². The van der Waals surface area contributed by atoms with Crippen molar-refractivity contribution in [3.8, 4) is 0 Å². The fraction of sp³-hybridized carbons (Fsp3) is 1.00. The maximum atomic E-state index is 11.9. The zero-order valence-corrected chi connectivity index (χ0v) is 8.82. The molecule has 0 aromatic carbocycles. The molecule has 0 bridgehead atoms. The van der Waals surface area contributed by atoms with E-state index in [4.69, 9.17) is 9.47 Å². The Labute approximate surface area is 83.5 Å². The molecule has 1 unspecified atom stereocenters. The number of ether oxygens (including phenoxy) is 2. The van der Waals surface area contributed by atoms with Crippen LogP contribution in [0, 0.1) is 0 Å². The normalized spacial score (nSPS) is 14.5. The number of hydrogen-bond acceptors (Lipinski definition) is 2. The molecule has 0 aromatic heterocycles. The first-order valence-electron chi connectivity index (χ1n) is 3.84. The SMILES string of the molecule is CCOCCOCC(Br)C(F)(F)F. The highest BCUT2D eigenvalue weighted by atomic mass is 79.9. The van der Waals surface area contributed by atoms with Gasteiger partial charge in [0.25, 0.3) is 0 Å². The van der Waals surface area contributed by atoms with Crippen molar-refractivity contribution in [3.63, 3.8) is 0 Å². The summed E-state index contributed by atoms with van der Waals surface area (Å²) in [7, 11) is 0. The van der Waals surface area contributed by atoms with Crippen molar-refractivity contribution in [3.05, 3.63) is 0 Å². The van der Waals surface area contributed by atoms with Crippen molar-refractivity contribution in [2.45, 2.75) is 17.9 Å². The van der Waals surface area contributed by atoms with Gasteiger partial charge in [-0.3, -0.25) is 0 Å². The Morgan fingerprint density at radius 2 is 1.77 bits per heavy atom. The molecular weight excluding hydrogens is 253 g/mol. The Morgan fingerprint density at radius 1 is 1.23 bits per heavy atom. The van der Waals surface area contributed by atoms with Gasteiger partial charge >= 0.3 is 6.18 Å². The van der Waals surface area contributed by atoms with Gasteiger partial charge in [0.2, 0.25) is 0 Å². The van der Waals surface area contributed by atoms with E-state index in [0.717, 1.165) is 0 Å². The molecule has 0 aliphatic carbocycles. The molecule has 0 saturated carbocycles. The predicted molar refractivity (Wildman–Crippen MR) is 46.1 cm³/mol. The van der Waals surface area contributed by atoms with Gasteiger partial charge in [-0.05, 0) is 6.92 Å². The molecule has 2 nitrogen and oxygen atoms in total. The fourth-order valence-electron chi connectivity index (χ4n) is 0.543. The molecule has 1 atom stereocenters. The standard InChI is InChI=1S/C7H12BrF3O2/c1-2-12-3-4-13-5-6(8)7(9,10)11/h6H,2-5H2,1H3. The Kier molecular flexibility index (Phi) is 6.71. The first kappa shape index (κ1) is 13.2. The minimum Gasteiger partial charge on any atom is -0.379 e. The third-order valence-electron chi connectivity index (χ3n) is 1.20. The quantitative estimate of drug-likeness (QED) is 0.542. The Morgan fingerprint density at radius 3 is 2.23 bits per heavy atom. The molecule has 0 saturated heterocycles. The highest BCUT2D eigenvalue weighted by molar-refractivity contribution is 9.09. The first-order valence-corrected chi connectivity index (χ1v) is 4.76. The monoisotopic (exact) mass is 264 g/mol. The van der Waals surface area contributed by atoms with Crippen LogP contribution in [0.15, 0.2) is 0 Å². The minimum absolute atomic E-state index is 0.187. The average molecular weight is 265 g/mol. The van der Waals surface area contributed by atoms with E-state index < -0.39 is 11.0 Å². The second kappa shape index (κ2) is 6.62. The van der Waals surface area contributed by atoms with Crippen molar-refractivity contribution in [1.82, 2.24) is 0 Å². The summed E-state index contributed by atoms with van der Waals surface area (Å²) in [5, 5.41) is 0. The fourth-order valence-corrected chi connectivity index (χ4v) is 0.730. The topological polar surface area (TPSA) is 18.5 Å². The third kappa shape index (κ3) is 7.28. The van der Waals surface area contributed by atoms with E-state index in [0.29, 0.717) is 13.2 Å². The van der Waals surface area contributed by atoms with Gasteiger partial charge in [0, 0.05) is 6.61 Å². The van der Waals surface area contributed by atoms with E-state index in [9.17, 15) is 13.2 Å². The predicted octanol–water partition coefficient (Wildman–Crippen LogP) is 2.37. The van der Waals surface area contributed by atoms with Gasteiger partial charge in [-0.2, -0.15) is 13.2 Å². The van der Waals surface area contributed by atoms with Gasteiger partial charge in [-0.25, -0.2) is 0 Å². The second-order valence-electron chi connectivity index (χ2n) is 2.28. The summed E-state index contributed by atoms with van der Waals surface area (Å²) in [5.41, 5.74) is 0. The number of hydrogen-bond donors (Lipinski definition) is 0. The molecule has 0 amide bonds. The zero-order valence-electron chi connectivity index (χ0n) is 7.23. The van der Waals surface area contributed by atoms with Gasteiger partial charge in [0.05, 0.1) is 19.8 Å². The molecule has 6 heteroatoms. The number of alkyl halides is 4. The van der Waals surface area contributed by atoms with Crippen molar-refractivity contribution in [2.24, 2.45) is 0 Å². The lowest BCUT2D eigenvalue weighted by Crippen LogP contribution is -2.28. The van der Waals surface area contributed by atoms with E-state index in [1.807, 2.05) is 6.92 Å². The Bertz CT molecular complexity index is 129. The molecule has 0 fully saturated rings. The van der Waals surface area contributed by atoms with Gasteiger partial charge in [-0.15, -0.1) is 0 Å². The Hall–Kier alpha value is 0.190. The maximum absolute atomic E-state index is 11.9. The lowest BCUT2D eigenvalue weighted by Gasteiger charge is -2.13. The van der Waals surface area contributed by atoms with Crippen molar-refractivity contribution < 1.29 is 22.6 Å². The molecule has 0 spiro atoms. The molecule has 13 heavy (non-hydrogen) atoms. The van der Waals surface area contributed by atoms with Crippen molar-refractivity contribution in [2.75, 3.05) is 26.4 Å². The lowest BCUT2D eigenvalue weighted by molar-refractivity contribution is -0.138. The van der Waals surface area contributed by atoms with Crippen LogP contribution < -0.4 is 0 Å². The van der Waals surface area contributed by atoms with Gasteiger partial charge in [0.15, 0.2) is 0 Å². The molecule has 0 aliphatic rings. The minimum atomic E-state index is -4.24. The van der Waals surface area contributed by atoms with E-state index in [1.54, 1.807) is 0 Å². The molecular formula is C7H12BrF3O2. The van der Waals surface area contributed by atoms with Crippen LogP contribution in [0.3, 0.4) is 0 Å². The second-order valence-corrected chi connectivity index (χ2v) is 3.39. The molecule has 0 N–H and O–H groups in total. The summed E-state index contributed by atoms with van der Waals surface area (Å²) in [5.74, 6) is 0.